The Kier molecular flexibility index (Phi) is 13.4. The van der Waals surface area contributed by atoms with Gasteiger partial charge in [0.1, 0.15) is 0 Å². The van der Waals surface area contributed by atoms with Crippen LogP contribution in [0.4, 0.5) is 0 Å². The van der Waals surface area contributed by atoms with Gasteiger partial charge in [0, 0.05) is 39.3 Å². The van der Waals surface area contributed by atoms with Crippen molar-refractivity contribution in [3.05, 3.63) is 0 Å². The zero-order valence-corrected chi connectivity index (χ0v) is 9.33. The van der Waals surface area contributed by atoms with Crippen LogP contribution < -0.4 is 22.1 Å². The molecule has 0 unspecified atom stereocenters. The van der Waals surface area contributed by atoms with Crippen molar-refractivity contribution in [3.63, 3.8) is 0 Å². The van der Waals surface area contributed by atoms with Crippen LogP contribution in [-0.4, -0.2) is 56.8 Å². The highest BCUT2D eigenvalue weighted by Gasteiger charge is 1.85. The lowest BCUT2D eigenvalue weighted by atomic mass is 10.5. The maximum absolute atomic E-state index is 8.74. The summed E-state index contributed by atoms with van der Waals surface area (Å²) in [5, 5.41) is 6.33. The van der Waals surface area contributed by atoms with E-state index in [9.17, 15) is 0 Å². The van der Waals surface area contributed by atoms with Crippen LogP contribution in [0.25, 0.3) is 0 Å². The van der Waals surface area contributed by atoms with Gasteiger partial charge < -0.3 is 22.1 Å². The molecule has 0 atom stereocenters. The minimum atomic E-state index is -4.67. The molecule has 0 radical (unpaired) electrons. The molecule has 8 N–H and O–H groups in total. The zero-order valence-electron chi connectivity index (χ0n) is 8.52. The summed E-state index contributed by atoms with van der Waals surface area (Å²) in [5.74, 6) is 0. The summed E-state index contributed by atoms with van der Waals surface area (Å²) in [4.78, 5) is 0. The molecule has 0 saturated heterocycles. The van der Waals surface area contributed by atoms with E-state index in [2.05, 4.69) is 10.6 Å². The average Bonchev–Trinajstić information content (AvgIpc) is 2.08. The number of hydrogen-bond acceptors (Lipinski definition) is 6. The lowest BCUT2D eigenvalue weighted by Gasteiger charge is -2.03. The topological polar surface area (TPSA) is 151 Å². The number of hydrogen-bond donors (Lipinski definition) is 6. The summed E-state index contributed by atoms with van der Waals surface area (Å²) in [6.45, 7) is 5.14. The molecule has 0 aromatic heterocycles. The van der Waals surface area contributed by atoms with Crippen LogP contribution in [-0.2, 0) is 10.4 Å². The number of nitrogens with one attached hydrogen (secondary N) is 2. The fourth-order valence-electron chi connectivity index (χ4n) is 0.631. The zero-order chi connectivity index (χ0) is 12.2. The monoisotopic (exact) mass is 244 g/mol. The van der Waals surface area contributed by atoms with Crippen molar-refractivity contribution >= 4 is 10.4 Å². The summed E-state index contributed by atoms with van der Waals surface area (Å²) in [7, 11) is -4.67. The Bertz CT molecular complexity index is 193. The van der Waals surface area contributed by atoms with E-state index in [0.29, 0.717) is 13.1 Å². The standard InChI is InChI=1S/C6H18N4.H2O4S/c7-1-3-9-5-6-10-4-2-8;1-5(2,3)4/h9-10H,1-8H2;(H2,1,2,3,4). The third kappa shape index (κ3) is 41.8. The summed E-state index contributed by atoms with van der Waals surface area (Å²) in [5.41, 5.74) is 10.5. The van der Waals surface area contributed by atoms with E-state index in [1.807, 2.05) is 0 Å². The fraction of sp³-hybridized carbons (Fsp3) is 1.00. The molecule has 0 heterocycles. The molecule has 0 aliphatic heterocycles. The average molecular weight is 244 g/mol. The van der Waals surface area contributed by atoms with Gasteiger partial charge in [-0.2, -0.15) is 8.42 Å². The Balaban J connectivity index is 0. The predicted octanol–water partition coefficient (Wildman–Crippen LogP) is -2.57. The van der Waals surface area contributed by atoms with Crippen molar-refractivity contribution in [1.29, 1.82) is 0 Å². The van der Waals surface area contributed by atoms with Gasteiger partial charge in [-0.1, -0.05) is 0 Å². The van der Waals surface area contributed by atoms with Crippen LogP contribution in [0.15, 0.2) is 0 Å². The molecule has 0 fully saturated rings. The van der Waals surface area contributed by atoms with Crippen molar-refractivity contribution < 1.29 is 17.5 Å². The molecule has 15 heavy (non-hydrogen) atoms. The second-order valence-corrected chi connectivity index (χ2v) is 3.42. The van der Waals surface area contributed by atoms with Gasteiger partial charge in [-0.15, -0.1) is 0 Å². The third-order valence-corrected chi connectivity index (χ3v) is 1.12. The van der Waals surface area contributed by atoms with Crippen LogP contribution in [0.5, 0.6) is 0 Å². The lowest BCUT2D eigenvalue weighted by molar-refractivity contribution is 0.381. The van der Waals surface area contributed by atoms with E-state index in [1.54, 1.807) is 0 Å². The smallest absolute Gasteiger partial charge is 0.329 e. The van der Waals surface area contributed by atoms with E-state index in [-0.39, 0.29) is 0 Å². The quantitative estimate of drug-likeness (QED) is 0.211. The largest absolute Gasteiger partial charge is 0.394 e. The van der Waals surface area contributed by atoms with Crippen LogP contribution in [0.3, 0.4) is 0 Å². The molecule has 94 valence electrons. The van der Waals surface area contributed by atoms with E-state index in [4.69, 9.17) is 29.0 Å². The summed E-state index contributed by atoms with van der Waals surface area (Å²) in [6, 6.07) is 0. The van der Waals surface area contributed by atoms with Crippen LogP contribution in [0.1, 0.15) is 0 Å². The van der Waals surface area contributed by atoms with E-state index in [1.165, 1.54) is 0 Å². The van der Waals surface area contributed by atoms with Gasteiger partial charge in [-0.3, -0.25) is 9.11 Å². The third-order valence-electron chi connectivity index (χ3n) is 1.12. The molecular formula is C6H20N4O4S. The Labute approximate surface area is 90.0 Å². The molecule has 0 aromatic carbocycles. The first-order valence-electron chi connectivity index (χ1n) is 4.43. The van der Waals surface area contributed by atoms with Gasteiger partial charge in [0.2, 0.25) is 0 Å². The van der Waals surface area contributed by atoms with Crippen molar-refractivity contribution in [3.8, 4) is 0 Å². The highest BCUT2D eigenvalue weighted by Crippen LogP contribution is 1.59. The van der Waals surface area contributed by atoms with Gasteiger partial charge in [0.05, 0.1) is 0 Å². The van der Waals surface area contributed by atoms with E-state index in [0.717, 1.165) is 26.2 Å². The molecule has 0 saturated carbocycles. The van der Waals surface area contributed by atoms with Crippen molar-refractivity contribution in [1.82, 2.24) is 10.6 Å². The second-order valence-electron chi connectivity index (χ2n) is 2.53. The van der Waals surface area contributed by atoms with Gasteiger partial charge in [0.15, 0.2) is 0 Å². The summed E-state index contributed by atoms with van der Waals surface area (Å²) < 4.78 is 31.6. The molecule has 0 aliphatic rings. The minimum absolute atomic E-state index is 0.705. The molecular weight excluding hydrogens is 224 g/mol. The maximum atomic E-state index is 8.74. The van der Waals surface area contributed by atoms with Crippen LogP contribution in [0, 0.1) is 0 Å². The second kappa shape index (κ2) is 11.8. The number of nitrogens with two attached hydrogens (primary N) is 2. The highest BCUT2D eigenvalue weighted by molar-refractivity contribution is 7.79. The predicted molar refractivity (Wildman–Crippen MR) is 58.0 cm³/mol. The fourth-order valence-corrected chi connectivity index (χ4v) is 0.631. The van der Waals surface area contributed by atoms with Gasteiger partial charge in [0.25, 0.3) is 0 Å². The first-order valence-corrected chi connectivity index (χ1v) is 5.83. The first-order chi connectivity index (χ1) is 6.91. The van der Waals surface area contributed by atoms with E-state index >= 15 is 0 Å². The normalized spacial score (nSPS) is 10.7. The summed E-state index contributed by atoms with van der Waals surface area (Å²) >= 11 is 0. The van der Waals surface area contributed by atoms with Crippen molar-refractivity contribution in [2.45, 2.75) is 0 Å². The molecule has 0 bridgehead atoms. The maximum Gasteiger partial charge on any atom is 0.394 e. The first kappa shape index (κ1) is 17.1. The SMILES string of the molecule is NCCNCCNCCN.O=S(=O)(O)O. The molecule has 0 spiro atoms. The molecule has 0 amide bonds. The van der Waals surface area contributed by atoms with Gasteiger partial charge in [-0.25, -0.2) is 0 Å². The van der Waals surface area contributed by atoms with Crippen molar-refractivity contribution in [2.24, 2.45) is 11.5 Å². The lowest BCUT2D eigenvalue weighted by Crippen LogP contribution is -2.32. The van der Waals surface area contributed by atoms with Gasteiger partial charge in [-0.05, 0) is 0 Å². The molecule has 9 heteroatoms. The Hall–Kier alpha value is -0.290. The molecule has 0 rings (SSSR count). The molecule has 0 aliphatic carbocycles. The van der Waals surface area contributed by atoms with Crippen LogP contribution >= 0.6 is 0 Å². The summed E-state index contributed by atoms with van der Waals surface area (Å²) in [6.07, 6.45) is 0. The van der Waals surface area contributed by atoms with Gasteiger partial charge >= 0.3 is 10.4 Å². The highest BCUT2D eigenvalue weighted by atomic mass is 32.3. The Morgan fingerprint density at radius 1 is 0.867 bits per heavy atom. The Morgan fingerprint density at radius 3 is 1.33 bits per heavy atom. The number of rotatable bonds is 7. The minimum Gasteiger partial charge on any atom is -0.329 e. The Morgan fingerprint density at radius 2 is 1.13 bits per heavy atom. The van der Waals surface area contributed by atoms with Crippen LogP contribution in [0.2, 0.25) is 0 Å². The van der Waals surface area contributed by atoms with E-state index < -0.39 is 10.4 Å². The molecule has 0 aromatic rings. The van der Waals surface area contributed by atoms with Crippen molar-refractivity contribution in [2.75, 3.05) is 39.3 Å². The molecule has 8 nitrogen and oxygen atoms in total.